The second kappa shape index (κ2) is 3.87. The van der Waals surface area contributed by atoms with E-state index < -0.39 is 0 Å². The predicted molar refractivity (Wildman–Crippen MR) is 65.0 cm³/mol. The van der Waals surface area contributed by atoms with Crippen LogP contribution >= 0.6 is 0 Å². The van der Waals surface area contributed by atoms with Gasteiger partial charge in [-0.3, -0.25) is 4.79 Å². The SMILES string of the molecule is C[C@@H]1CCC(=O)C=C1C1=CC[C@@H]2CCC[C@H]12. The number of ketones is 1. The number of carbonyl (C=O) groups excluding carboxylic acids is 1. The molecule has 3 aliphatic carbocycles. The molecule has 1 heteroatoms. The normalized spacial score (nSPS) is 38.3. The lowest BCUT2D eigenvalue weighted by Gasteiger charge is -2.25. The van der Waals surface area contributed by atoms with Crippen molar-refractivity contribution in [3.63, 3.8) is 0 Å². The molecular formula is C15H20O. The third-order valence-electron chi connectivity index (χ3n) is 4.70. The molecular weight excluding hydrogens is 196 g/mol. The Bertz CT molecular complexity index is 375. The standard InChI is InChI=1S/C15H20O/c1-10-5-7-12(16)9-15(10)14-8-6-11-3-2-4-13(11)14/h8-11,13H,2-7H2,1H3/t10-,11+,13+/m1/s1. The average Bonchev–Trinajstić information content (AvgIpc) is 2.83. The van der Waals surface area contributed by atoms with E-state index in [1.54, 1.807) is 5.57 Å². The highest BCUT2D eigenvalue weighted by Gasteiger charge is 2.36. The molecule has 0 aromatic rings. The predicted octanol–water partition coefficient (Wildman–Crippen LogP) is 3.66. The molecule has 0 radical (unpaired) electrons. The Kier molecular flexibility index (Phi) is 2.49. The van der Waals surface area contributed by atoms with E-state index in [9.17, 15) is 4.79 Å². The van der Waals surface area contributed by atoms with Gasteiger partial charge in [-0.2, -0.15) is 0 Å². The van der Waals surface area contributed by atoms with Crippen LogP contribution in [0, 0.1) is 17.8 Å². The molecule has 0 bridgehead atoms. The van der Waals surface area contributed by atoms with Gasteiger partial charge in [-0.05, 0) is 60.7 Å². The molecule has 0 aromatic heterocycles. The fourth-order valence-electron chi connectivity index (χ4n) is 3.76. The zero-order valence-corrected chi connectivity index (χ0v) is 10.0. The van der Waals surface area contributed by atoms with Crippen molar-refractivity contribution in [2.75, 3.05) is 0 Å². The maximum absolute atomic E-state index is 11.6. The largest absolute Gasteiger partial charge is 0.295 e. The van der Waals surface area contributed by atoms with Crippen molar-refractivity contribution in [1.82, 2.24) is 0 Å². The zero-order chi connectivity index (χ0) is 11.1. The Balaban J connectivity index is 1.89. The van der Waals surface area contributed by atoms with Crippen molar-refractivity contribution in [1.29, 1.82) is 0 Å². The first-order valence-corrected chi connectivity index (χ1v) is 6.70. The van der Waals surface area contributed by atoms with Gasteiger partial charge in [-0.25, -0.2) is 0 Å². The first kappa shape index (κ1) is 10.3. The molecule has 3 rings (SSSR count). The minimum absolute atomic E-state index is 0.343. The summed E-state index contributed by atoms with van der Waals surface area (Å²) < 4.78 is 0. The molecule has 0 unspecified atom stereocenters. The number of carbonyl (C=O) groups is 1. The number of hydrogen-bond acceptors (Lipinski definition) is 1. The van der Waals surface area contributed by atoms with Gasteiger partial charge in [0.1, 0.15) is 0 Å². The quantitative estimate of drug-likeness (QED) is 0.653. The van der Waals surface area contributed by atoms with Crippen LogP contribution in [0.5, 0.6) is 0 Å². The van der Waals surface area contributed by atoms with Crippen molar-refractivity contribution >= 4 is 5.78 Å². The summed E-state index contributed by atoms with van der Waals surface area (Å²) in [5.41, 5.74) is 2.92. The van der Waals surface area contributed by atoms with Gasteiger partial charge in [0.2, 0.25) is 0 Å². The third kappa shape index (κ3) is 1.57. The van der Waals surface area contributed by atoms with Gasteiger partial charge in [-0.1, -0.05) is 19.4 Å². The molecule has 0 heterocycles. The molecule has 3 aliphatic rings. The van der Waals surface area contributed by atoms with Crippen molar-refractivity contribution in [2.24, 2.45) is 17.8 Å². The molecule has 1 fully saturated rings. The van der Waals surface area contributed by atoms with E-state index in [-0.39, 0.29) is 0 Å². The molecule has 86 valence electrons. The lowest BCUT2D eigenvalue weighted by atomic mass is 9.79. The van der Waals surface area contributed by atoms with Crippen LogP contribution in [0.3, 0.4) is 0 Å². The van der Waals surface area contributed by atoms with Gasteiger partial charge in [0.25, 0.3) is 0 Å². The first-order valence-electron chi connectivity index (χ1n) is 6.70. The van der Waals surface area contributed by atoms with E-state index in [0.717, 1.165) is 24.7 Å². The van der Waals surface area contributed by atoms with Gasteiger partial charge in [0.05, 0.1) is 0 Å². The molecule has 1 saturated carbocycles. The van der Waals surface area contributed by atoms with E-state index in [4.69, 9.17) is 0 Å². The monoisotopic (exact) mass is 216 g/mol. The zero-order valence-electron chi connectivity index (χ0n) is 10.0. The van der Waals surface area contributed by atoms with Gasteiger partial charge in [0.15, 0.2) is 5.78 Å². The number of rotatable bonds is 1. The minimum Gasteiger partial charge on any atom is -0.295 e. The summed E-state index contributed by atoms with van der Waals surface area (Å²) in [4.78, 5) is 11.6. The Morgan fingerprint density at radius 2 is 2.06 bits per heavy atom. The van der Waals surface area contributed by atoms with Crippen LogP contribution in [0.4, 0.5) is 0 Å². The van der Waals surface area contributed by atoms with Crippen molar-refractivity contribution in [3.05, 3.63) is 23.3 Å². The van der Waals surface area contributed by atoms with Gasteiger partial charge < -0.3 is 0 Å². The molecule has 0 aliphatic heterocycles. The summed E-state index contributed by atoms with van der Waals surface area (Å²) in [7, 11) is 0. The van der Waals surface area contributed by atoms with E-state index >= 15 is 0 Å². The highest BCUT2D eigenvalue weighted by Crippen LogP contribution is 2.48. The van der Waals surface area contributed by atoms with Crippen LogP contribution in [0.25, 0.3) is 0 Å². The Labute approximate surface area is 97.6 Å². The minimum atomic E-state index is 0.343. The Morgan fingerprint density at radius 1 is 1.19 bits per heavy atom. The molecule has 0 saturated heterocycles. The average molecular weight is 216 g/mol. The maximum Gasteiger partial charge on any atom is 0.156 e. The number of hydrogen-bond donors (Lipinski definition) is 0. The molecule has 3 atom stereocenters. The van der Waals surface area contributed by atoms with Crippen LogP contribution < -0.4 is 0 Å². The van der Waals surface area contributed by atoms with Crippen LogP contribution in [0.2, 0.25) is 0 Å². The number of allylic oxidation sites excluding steroid dienone is 4. The van der Waals surface area contributed by atoms with E-state index in [1.165, 1.54) is 31.3 Å². The summed E-state index contributed by atoms with van der Waals surface area (Å²) in [5.74, 6) is 2.64. The van der Waals surface area contributed by atoms with E-state index in [2.05, 4.69) is 13.0 Å². The lowest BCUT2D eigenvalue weighted by molar-refractivity contribution is -0.115. The first-order chi connectivity index (χ1) is 7.75. The molecule has 16 heavy (non-hydrogen) atoms. The van der Waals surface area contributed by atoms with Crippen molar-refractivity contribution in [2.45, 2.75) is 45.4 Å². The summed E-state index contributed by atoms with van der Waals surface area (Å²) in [5, 5.41) is 0. The second-order valence-electron chi connectivity index (χ2n) is 5.70. The van der Waals surface area contributed by atoms with Gasteiger partial charge in [-0.15, -0.1) is 0 Å². The number of fused-ring (bicyclic) bond motifs is 1. The lowest BCUT2D eigenvalue weighted by Crippen LogP contribution is -2.16. The molecule has 0 aromatic carbocycles. The highest BCUT2D eigenvalue weighted by molar-refractivity contribution is 5.92. The van der Waals surface area contributed by atoms with Crippen LogP contribution in [-0.2, 0) is 4.79 Å². The van der Waals surface area contributed by atoms with Crippen LogP contribution in [0.15, 0.2) is 23.3 Å². The summed E-state index contributed by atoms with van der Waals surface area (Å²) in [6.45, 7) is 2.28. The topological polar surface area (TPSA) is 17.1 Å². The van der Waals surface area contributed by atoms with Crippen molar-refractivity contribution in [3.8, 4) is 0 Å². The second-order valence-corrected chi connectivity index (χ2v) is 5.70. The summed E-state index contributed by atoms with van der Waals surface area (Å²) in [6.07, 6.45) is 11.6. The van der Waals surface area contributed by atoms with Crippen molar-refractivity contribution < 1.29 is 4.79 Å². The Hall–Kier alpha value is -0.850. The highest BCUT2D eigenvalue weighted by atomic mass is 16.1. The van der Waals surface area contributed by atoms with E-state index in [0.29, 0.717) is 11.7 Å². The summed E-state index contributed by atoms with van der Waals surface area (Å²) >= 11 is 0. The van der Waals surface area contributed by atoms with Crippen LogP contribution in [0.1, 0.15) is 45.4 Å². The molecule has 0 N–H and O–H groups in total. The summed E-state index contributed by atoms with van der Waals surface area (Å²) in [6, 6.07) is 0. The fourth-order valence-corrected chi connectivity index (χ4v) is 3.76. The Morgan fingerprint density at radius 3 is 2.94 bits per heavy atom. The third-order valence-corrected chi connectivity index (χ3v) is 4.70. The molecule has 1 nitrogen and oxygen atoms in total. The van der Waals surface area contributed by atoms with Gasteiger partial charge in [0, 0.05) is 6.42 Å². The van der Waals surface area contributed by atoms with E-state index in [1.807, 2.05) is 6.08 Å². The maximum atomic E-state index is 11.6. The molecule has 0 spiro atoms. The van der Waals surface area contributed by atoms with Gasteiger partial charge >= 0.3 is 0 Å². The fraction of sp³-hybridized carbons (Fsp3) is 0.667. The van der Waals surface area contributed by atoms with Crippen LogP contribution in [-0.4, -0.2) is 5.78 Å². The smallest absolute Gasteiger partial charge is 0.156 e. The molecule has 0 amide bonds.